The van der Waals surface area contributed by atoms with Crippen molar-refractivity contribution in [2.24, 2.45) is 40.2 Å². The van der Waals surface area contributed by atoms with Crippen molar-refractivity contribution in [2.45, 2.75) is 235 Å². The molecule has 10 atom stereocenters. The summed E-state index contributed by atoms with van der Waals surface area (Å²) in [6, 6.07) is 18.8. The number of nitrogens with two attached hydrogens (primary N) is 1. The van der Waals surface area contributed by atoms with Gasteiger partial charge in [0.05, 0.1) is 111 Å². The molecule has 2 aromatic carbocycles. The minimum absolute atomic E-state index is 0.0180. The highest BCUT2D eigenvalue weighted by Gasteiger charge is 2.43. The third-order valence-corrected chi connectivity index (χ3v) is 28.4. The van der Waals surface area contributed by atoms with Crippen molar-refractivity contribution in [2.75, 3.05) is 155 Å². The number of aryl methyl sites for hydroxylation is 2. The number of benzene rings is 2. The Bertz CT molecular complexity index is 5570. The maximum atomic E-state index is 14.7. The van der Waals surface area contributed by atoms with Crippen LogP contribution in [-0.2, 0) is 92.7 Å². The van der Waals surface area contributed by atoms with Crippen molar-refractivity contribution < 1.29 is 77.6 Å². The summed E-state index contributed by atoms with van der Waals surface area (Å²) >= 11 is 0. The molecule has 12 bridgehead atoms. The number of ether oxygens (including phenoxy) is 6. The number of carboxylic acid groups (broad SMARTS) is 1. The molecule has 31 nitrogen and oxygen atoms in total. The number of halogens is 1. The van der Waals surface area contributed by atoms with E-state index in [1.54, 1.807) is 24.0 Å². The Hall–Kier alpha value is -10.3. The molecule has 0 radical (unpaired) electrons. The molecule has 4 saturated heterocycles. The van der Waals surface area contributed by atoms with Crippen LogP contribution in [0.4, 0.5) is 4.39 Å². The zero-order valence-corrected chi connectivity index (χ0v) is 86.1. The zero-order chi connectivity index (χ0) is 102. The van der Waals surface area contributed by atoms with Gasteiger partial charge in [-0.15, -0.1) is 0 Å². The van der Waals surface area contributed by atoms with E-state index in [0.29, 0.717) is 97.4 Å². The highest BCUT2D eigenvalue weighted by atomic mass is 19.1. The molecule has 8 aliphatic heterocycles. The first-order valence-electron chi connectivity index (χ1n) is 50.0. The van der Waals surface area contributed by atoms with Crippen LogP contribution in [0.1, 0.15) is 197 Å². The molecule has 12 heterocycles. The largest absolute Gasteiger partial charge is 0.481 e. The predicted octanol–water partition coefficient (Wildman–Crippen LogP) is 11.4. The van der Waals surface area contributed by atoms with Crippen LogP contribution < -0.4 is 21.9 Å². The zero-order valence-electron chi connectivity index (χ0n) is 87.1. The van der Waals surface area contributed by atoms with E-state index in [1.165, 1.54) is 32.1 Å². The number of fused-ring (bicyclic) bond motifs is 12. The summed E-state index contributed by atoms with van der Waals surface area (Å²) in [5.41, 5.74) is 26.5. The number of aromatic nitrogens is 4. The Kier molecular flexibility index (Phi) is 37.1. The number of cyclic esters (lactones) is 2. The number of amides is 5. The number of hydrogen-bond donors (Lipinski definition) is 5. The van der Waals surface area contributed by atoms with Gasteiger partial charge < -0.3 is 63.5 Å². The summed E-state index contributed by atoms with van der Waals surface area (Å²) in [5.74, 6) is 7.50. The van der Waals surface area contributed by atoms with Crippen LogP contribution in [0.2, 0.25) is 0 Å². The minimum atomic E-state index is -1.00. The van der Waals surface area contributed by atoms with Crippen LogP contribution in [0, 0.1) is 58.2 Å². The van der Waals surface area contributed by atoms with E-state index in [4.69, 9.17) is 50.6 Å². The Morgan fingerprint density at radius 3 is 1.42 bits per heavy atom. The first kappa shape index (κ1) is 108. The van der Waals surface area contributed by atoms with E-state index in [-0.39, 0.29) is 116 Å². The number of pyridine rings is 2. The van der Waals surface area contributed by atoms with Gasteiger partial charge in [-0.3, -0.25) is 82.3 Å². The van der Waals surface area contributed by atoms with E-state index < -0.39 is 66.0 Å². The molecule has 0 spiro atoms. The topological polar surface area (TPSA) is 336 Å². The second-order valence-electron chi connectivity index (χ2n) is 41.7. The van der Waals surface area contributed by atoms with E-state index in [9.17, 15) is 42.7 Å². The summed E-state index contributed by atoms with van der Waals surface area (Å²) in [4.78, 5) is 127. The number of carbonyl (C=O) groups excluding carboxylic acids is 7. The first-order valence-corrected chi connectivity index (χ1v) is 49.3. The van der Waals surface area contributed by atoms with Crippen molar-refractivity contribution >= 4 is 80.4 Å². The second-order valence-corrected chi connectivity index (χ2v) is 41.7. The van der Waals surface area contributed by atoms with Gasteiger partial charge in [-0.05, 0) is 241 Å². The molecular formula is C107H153FN16O15. The molecule has 6 aromatic rings. The standard InChI is InChI=1S/C53H74N8O7.C36H48N6O4.C17H28N2O4.CH3F/c1-12-60-45-20-19-36-26-40(45)41(48(60)39-17-13-23-54-47(39)35(4)66-11)27-52(5,6)33-68-51(65)43-18-15-25-61(56-43)50(64)44(31-58-24-14-16-37(36)28-58)55-49(63)42(34(2)3)32-67-38-29-59(30-38)46(62)21-22-53(7,8)57(9)10;1-6-41-31-14-13-24-18-27(31)28(33(41)26-11-7-15-38-32(26)23(2)45-5)19-36(3,4)22-46-35(44)30-12-9-17-42(39-30)34(43)29(37)21-40-16-8-10-25(24)20-40;1-12(2)14(16(21)22)11-23-13-9-19(10-13)15(20)7-8-17(3,4)18(5)6;1-2/h13,16-17,19-20,23,26,34-35,38,42-44,56H,12,14-15,18,24-25,27-33H2,1-11H3,(H,55,63);7,10-11,13-15,18,23,29-30,39H,6,8-9,12,16-17,19-22,37H2,1-5H3;12-14H,9-11H2,1-6H3,(H,21,22);1H3/t35-,42-,43-,44-;23-,29?,30-;14-;/m000./s1/i;;;1D. The maximum absolute atomic E-state index is 14.7. The lowest BCUT2D eigenvalue weighted by atomic mass is 9.84. The van der Waals surface area contributed by atoms with Gasteiger partial charge in [0.25, 0.3) is 23.6 Å². The van der Waals surface area contributed by atoms with E-state index in [1.807, 2.05) is 132 Å². The predicted molar refractivity (Wildman–Crippen MR) is 538 cm³/mol. The molecule has 139 heavy (non-hydrogen) atoms. The van der Waals surface area contributed by atoms with E-state index in [0.717, 1.165) is 106 Å². The fourth-order valence-corrected chi connectivity index (χ4v) is 18.6. The number of likely N-dealkylation sites (tertiary alicyclic amines) is 2. The molecule has 32 heteroatoms. The smallest absolute Gasteiger partial charge is 0.324 e. The van der Waals surface area contributed by atoms with Crippen LogP contribution in [0.15, 0.2) is 85.2 Å². The Morgan fingerprint density at radius 2 is 1.03 bits per heavy atom. The molecule has 4 fully saturated rings. The van der Waals surface area contributed by atoms with Crippen molar-refractivity contribution in [3.63, 3.8) is 0 Å². The van der Waals surface area contributed by atoms with Crippen LogP contribution >= 0.6 is 0 Å². The maximum Gasteiger partial charge on any atom is 0.324 e. The van der Waals surface area contributed by atoms with Crippen LogP contribution in [0.25, 0.3) is 55.5 Å². The summed E-state index contributed by atoms with van der Waals surface area (Å²) < 4.78 is 55.8. The highest BCUT2D eigenvalue weighted by molar-refractivity contribution is 5.98. The molecule has 14 rings (SSSR count). The van der Waals surface area contributed by atoms with E-state index in [2.05, 4.69) is 161 Å². The lowest BCUT2D eigenvalue weighted by molar-refractivity contribution is -0.156. The Morgan fingerprint density at radius 1 is 0.619 bits per heavy atom. The summed E-state index contributed by atoms with van der Waals surface area (Å²) in [5, 5.41) is 17.6. The van der Waals surface area contributed by atoms with Gasteiger partial charge >= 0.3 is 17.9 Å². The van der Waals surface area contributed by atoms with Crippen LogP contribution in [0.5, 0.6) is 0 Å². The van der Waals surface area contributed by atoms with Gasteiger partial charge in [-0.25, -0.2) is 10.9 Å². The number of alkyl halides is 1. The van der Waals surface area contributed by atoms with Crippen molar-refractivity contribution in [1.82, 2.24) is 74.7 Å². The van der Waals surface area contributed by atoms with Crippen molar-refractivity contribution in [3.8, 4) is 46.2 Å². The van der Waals surface area contributed by atoms with Gasteiger partial charge in [-0.1, -0.05) is 91.5 Å². The first-order chi connectivity index (χ1) is 66.4. The molecule has 3 unspecified atom stereocenters. The average Bonchev–Trinajstić information content (AvgIpc) is 1.59. The fraction of sp³-hybridized carbons (Fsp3) is 0.607. The number of nitrogens with one attached hydrogen (secondary N) is 3. The van der Waals surface area contributed by atoms with Gasteiger partial charge in [0.15, 0.2) is 0 Å². The number of hydrazine groups is 2. The van der Waals surface area contributed by atoms with E-state index >= 15 is 0 Å². The number of hydrogen-bond acceptors (Lipinski definition) is 23. The van der Waals surface area contributed by atoms with Crippen LogP contribution in [-0.4, -0.2) is 313 Å². The number of esters is 2. The molecule has 5 amide bonds. The lowest BCUT2D eigenvalue weighted by Crippen LogP contribution is -2.62. The number of aliphatic carboxylic acids is 1. The van der Waals surface area contributed by atoms with Crippen LogP contribution in [0.3, 0.4) is 0 Å². The van der Waals surface area contributed by atoms with Crippen molar-refractivity contribution in [1.29, 1.82) is 0 Å². The molecule has 6 N–H and O–H groups in total. The number of rotatable bonds is 21. The molecule has 758 valence electrons. The quantitative estimate of drug-likeness (QED) is 0.0330. The van der Waals surface area contributed by atoms with Gasteiger partial charge in [0, 0.05) is 162 Å². The normalized spacial score (nSPS) is 22.1. The number of methoxy groups -OCH3 is 2. The monoisotopic (exact) mass is 1920 g/mol. The Balaban J connectivity index is 0.000000223. The van der Waals surface area contributed by atoms with Gasteiger partial charge in [0.2, 0.25) is 5.91 Å². The van der Waals surface area contributed by atoms with Crippen molar-refractivity contribution in [3.05, 3.63) is 119 Å². The molecule has 0 saturated carbocycles. The number of carboxylic acids is 1. The molecule has 4 aromatic heterocycles. The summed E-state index contributed by atoms with van der Waals surface area (Å²) in [6.45, 7) is 40.9. The summed E-state index contributed by atoms with van der Waals surface area (Å²) in [7, 11) is 10.1. The molecular weight excluding hydrogens is 1770 g/mol. The third-order valence-electron chi connectivity index (χ3n) is 28.4. The minimum Gasteiger partial charge on any atom is -0.481 e. The third kappa shape index (κ3) is 26.9. The van der Waals surface area contributed by atoms with Gasteiger partial charge in [-0.2, -0.15) is 0 Å². The van der Waals surface area contributed by atoms with Gasteiger partial charge in [0.1, 0.15) is 18.1 Å². The average molecular weight is 1920 g/mol. The lowest BCUT2D eigenvalue weighted by Gasteiger charge is -2.39. The highest BCUT2D eigenvalue weighted by Crippen LogP contribution is 2.45. The summed E-state index contributed by atoms with van der Waals surface area (Å²) in [6.07, 6.45) is 12.9. The number of carbonyl (C=O) groups is 8. The molecule has 8 aliphatic rings. The Labute approximate surface area is 823 Å². The number of nitrogens with zero attached hydrogens (tertiary/aromatic N) is 12. The fourth-order valence-electron chi connectivity index (χ4n) is 18.6. The second kappa shape index (κ2) is 48.0. The molecule has 0 aliphatic carbocycles. The SMILES string of the molecule is CC(C)[C@H](COC1CN(C(=O)C#CC(C)(C)N(C)C)C1)C(=O)O.CCn1c(-c2cccnc2[C@H](C)OC)c2c3cc(ccc31)C1=CCCN(C1)CC(N)C(=O)N1CCC[C@H](N1)C(=O)OCC(C)(C)C2.CCn1c(-c2cccnc2[C@H](C)OC)c2c3cc(ccc31)C1=CCCN(C1)C[C@H](NC(=O)[C@@H](COC1CN(C(=O)C#CC(C)(C)N(C)C)C1)C(C)C)C(=O)N1CCC[C@H](N1)C(=O)OCC(C)(C)C2.[2H]CF.